The van der Waals surface area contributed by atoms with E-state index in [-0.39, 0.29) is 19.0 Å². The quantitative estimate of drug-likeness (QED) is 0.868. The van der Waals surface area contributed by atoms with Crippen LogP contribution in [0.25, 0.3) is 0 Å². The second-order valence-electron chi connectivity index (χ2n) is 3.83. The van der Waals surface area contributed by atoms with Gasteiger partial charge in [-0.3, -0.25) is 0 Å². The zero-order valence-electron chi connectivity index (χ0n) is 9.82. The molecule has 0 radical (unpaired) electrons. The van der Waals surface area contributed by atoms with Crippen LogP contribution in [0, 0.1) is 0 Å². The number of amides is 1. The van der Waals surface area contributed by atoms with Crippen LogP contribution in [0.15, 0.2) is 24.3 Å². The molecule has 0 unspecified atom stereocenters. The highest BCUT2D eigenvalue weighted by molar-refractivity contribution is 5.85. The molecule has 1 fully saturated rings. The number of cyclic esters (lactones) is 1. The molecule has 1 atom stereocenters. The molecule has 0 spiro atoms. The van der Waals surface area contributed by atoms with E-state index >= 15 is 0 Å². The van der Waals surface area contributed by atoms with Crippen molar-refractivity contribution in [2.75, 3.05) is 6.61 Å². The zero-order chi connectivity index (χ0) is 14.0. The molecule has 1 aliphatic heterocycles. The number of rotatable bonds is 4. The second kappa shape index (κ2) is 6.17. The number of alkyl halides is 4. The Hall–Kier alpha value is -1.70. The predicted octanol–water partition coefficient (Wildman–Crippen LogP) is 3.13. The monoisotopic (exact) mass is 315 g/mol. The normalized spacial score (nSPS) is 18.2. The Bertz CT molecular complexity index is 486. The highest BCUT2D eigenvalue weighted by Gasteiger charge is 2.44. The lowest BCUT2D eigenvalue weighted by Crippen LogP contribution is -2.33. The van der Waals surface area contributed by atoms with Gasteiger partial charge in [-0.2, -0.15) is 17.6 Å². The highest BCUT2D eigenvalue weighted by atomic mass is 35.5. The Morgan fingerprint density at radius 3 is 2.65 bits per heavy atom. The summed E-state index contributed by atoms with van der Waals surface area (Å²) in [7, 11) is 0. The van der Waals surface area contributed by atoms with Gasteiger partial charge in [-0.15, -0.1) is 12.4 Å². The third-order valence-corrected chi connectivity index (χ3v) is 2.44. The van der Waals surface area contributed by atoms with Gasteiger partial charge in [0.15, 0.2) is 0 Å². The Morgan fingerprint density at radius 2 is 2.10 bits per heavy atom. The lowest BCUT2D eigenvalue weighted by atomic mass is 10.1. The van der Waals surface area contributed by atoms with E-state index in [9.17, 15) is 22.4 Å². The van der Waals surface area contributed by atoms with Crippen molar-refractivity contribution >= 4 is 18.5 Å². The average molecular weight is 316 g/mol. The molecular weight excluding hydrogens is 306 g/mol. The summed E-state index contributed by atoms with van der Waals surface area (Å²) in [6, 6.07) is 4.65. The number of benzene rings is 1. The Kier molecular flexibility index (Phi) is 5.04. The summed E-state index contributed by atoms with van der Waals surface area (Å²) in [6.07, 6.45) is -9.12. The first-order valence-electron chi connectivity index (χ1n) is 5.27. The van der Waals surface area contributed by atoms with E-state index in [1.165, 1.54) is 12.1 Å². The molecule has 9 heteroatoms. The van der Waals surface area contributed by atoms with Crippen LogP contribution in [0.2, 0.25) is 0 Å². The van der Waals surface area contributed by atoms with Gasteiger partial charge in [0.2, 0.25) is 0 Å². The number of alkyl carbamates (subject to hydrolysis) is 1. The van der Waals surface area contributed by atoms with Gasteiger partial charge in [-0.05, 0) is 17.7 Å². The van der Waals surface area contributed by atoms with Gasteiger partial charge in [0, 0.05) is 0 Å². The number of carbonyl (C=O) groups is 1. The smallest absolute Gasteiger partial charge is 0.447 e. The predicted molar refractivity (Wildman–Crippen MR) is 62.5 cm³/mol. The topological polar surface area (TPSA) is 47.6 Å². The first-order chi connectivity index (χ1) is 8.88. The number of hydrogen-bond acceptors (Lipinski definition) is 3. The molecule has 1 saturated heterocycles. The third kappa shape index (κ3) is 3.66. The van der Waals surface area contributed by atoms with E-state index in [1.54, 1.807) is 0 Å². The molecule has 1 aromatic rings. The minimum absolute atomic E-state index is 0. The average Bonchev–Trinajstić information content (AvgIpc) is 2.75. The molecule has 0 aromatic heterocycles. The molecule has 1 heterocycles. The van der Waals surface area contributed by atoms with Gasteiger partial charge >= 0.3 is 18.6 Å². The van der Waals surface area contributed by atoms with Crippen LogP contribution >= 0.6 is 12.4 Å². The van der Waals surface area contributed by atoms with Crippen LogP contribution in [0.4, 0.5) is 22.4 Å². The number of ether oxygens (including phenoxy) is 2. The van der Waals surface area contributed by atoms with E-state index in [1.807, 2.05) is 0 Å². The van der Waals surface area contributed by atoms with Gasteiger partial charge in [-0.25, -0.2) is 4.79 Å². The summed E-state index contributed by atoms with van der Waals surface area (Å²) < 4.78 is 58.1. The first-order valence-corrected chi connectivity index (χ1v) is 5.27. The van der Waals surface area contributed by atoms with Crippen molar-refractivity contribution in [2.45, 2.75) is 18.6 Å². The second-order valence-corrected chi connectivity index (χ2v) is 3.83. The lowest BCUT2D eigenvalue weighted by Gasteiger charge is -2.17. The van der Waals surface area contributed by atoms with Gasteiger partial charge in [0.05, 0.1) is 6.04 Å². The molecule has 1 aliphatic rings. The molecule has 0 aliphatic carbocycles. The van der Waals surface area contributed by atoms with Crippen LogP contribution in [-0.2, 0) is 4.74 Å². The minimum Gasteiger partial charge on any atom is -0.447 e. The molecule has 1 N–H and O–H groups in total. The molecule has 1 amide bonds. The Labute approximate surface area is 117 Å². The fourth-order valence-corrected chi connectivity index (χ4v) is 1.56. The fraction of sp³-hybridized carbons (Fsp3) is 0.364. The largest absolute Gasteiger partial charge is 0.461 e. The maximum absolute atomic E-state index is 12.7. The van der Waals surface area contributed by atoms with E-state index < -0.39 is 30.4 Å². The SMILES string of the molecule is Cl.O=C1N[C@H](c2cccc(OC(F)(F)C(F)F)c2)CO1. The summed E-state index contributed by atoms with van der Waals surface area (Å²) in [6.45, 7) is 0.0352. The van der Waals surface area contributed by atoms with Crippen molar-refractivity contribution in [1.82, 2.24) is 5.32 Å². The van der Waals surface area contributed by atoms with Crippen molar-refractivity contribution in [1.29, 1.82) is 0 Å². The summed E-state index contributed by atoms with van der Waals surface area (Å²) >= 11 is 0. The fourth-order valence-electron chi connectivity index (χ4n) is 1.56. The zero-order valence-corrected chi connectivity index (χ0v) is 10.6. The molecule has 1 aromatic carbocycles. The molecule has 2 rings (SSSR count). The van der Waals surface area contributed by atoms with E-state index in [0.717, 1.165) is 12.1 Å². The van der Waals surface area contributed by atoms with Crippen molar-refractivity contribution in [2.24, 2.45) is 0 Å². The van der Waals surface area contributed by atoms with Crippen molar-refractivity contribution in [3.8, 4) is 5.75 Å². The molecule has 0 bridgehead atoms. The number of hydrogen-bond donors (Lipinski definition) is 1. The van der Waals surface area contributed by atoms with Crippen LogP contribution in [0.3, 0.4) is 0 Å². The first kappa shape index (κ1) is 16.4. The van der Waals surface area contributed by atoms with E-state index in [2.05, 4.69) is 14.8 Å². The van der Waals surface area contributed by atoms with Gasteiger partial charge in [0.1, 0.15) is 12.4 Å². The van der Waals surface area contributed by atoms with Gasteiger partial charge in [0.25, 0.3) is 0 Å². The number of carbonyl (C=O) groups excluding carboxylic acids is 1. The summed E-state index contributed by atoms with van der Waals surface area (Å²) in [5.74, 6) is -0.413. The van der Waals surface area contributed by atoms with Crippen LogP contribution in [-0.4, -0.2) is 25.2 Å². The molecule has 4 nitrogen and oxygen atoms in total. The molecule has 0 saturated carbocycles. The summed E-state index contributed by atoms with van der Waals surface area (Å²) in [4.78, 5) is 10.8. The van der Waals surface area contributed by atoms with Crippen LogP contribution < -0.4 is 10.1 Å². The Morgan fingerprint density at radius 1 is 1.40 bits per heavy atom. The number of halogens is 5. The third-order valence-electron chi connectivity index (χ3n) is 2.44. The van der Waals surface area contributed by atoms with E-state index in [0.29, 0.717) is 5.56 Å². The van der Waals surface area contributed by atoms with E-state index in [4.69, 9.17) is 0 Å². The molecule has 112 valence electrons. The van der Waals surface area contributed by atoms with Crippen molar-refractivity contribution in [3.05, 3.63) is 29.8 Å². The minimum atomic E-state index is -4.56. The molecule has 20 heavy (non-hydrogen) atoms. The standard InChI is InChI=1S/C11H9F4NO3.ClH/c12-9(13)11(14,15)19-7-3-1-2-6(4-7)8-5-18-10(17)16-8;/h1-4,8-9H,5H2,(H,16,17);1H/t8-;/m0./s1. The summed E-state index contributed by atoms with van der Waals surface area (Å²) in [5, 5.41) is 2.43. The molecular formula is C11H10ClF4NO3. The van der Waals surface area contributed by atoms with Gasteiger partial charge in [-0.1, -0.05) is 12.1 Å². The van der Waals surface area contributed by atoms with Crippen LogP contribution in [0.5, 0.6) is 5.75 Å². The van der Waals surface area contributed by atoms with Gasteiger partial charge < -0.3 is 14.8 Å². The summed E-state index contributed by atoms with van der Waals surface area (Å²) in [5.41, 5.74) is 0.424. The van der Waals surface area contributed by atoms with Crippen molar-refractivity contribution in [3.63, 3.8) is 0 Å². The lowest BCUT2D eigenvalue weighted by molar-refractivity contribution is -0.253. The van der Waals surface area contributed by atoms with Crippen LogP contribution in [0.1, 0.15) is 11.6 Å². The Balaban J connectivity index is 0.00000200. The maximum atomic E-state index is 12.7. The number of nitrogens with one attached hydrogen (secondary N) is 1. The van der Waals surface area contributed by atoms with Crippen molar-refractivity contribution < 1.29 is 31.8 Å². The maximum Gasteiger partial charge on any atom is 0.461 e. The highest BCUT2D eigenvalue weighted by Crippen LogP contribution is 2.29.